The third-order valence-corrected chi connectivity index (χ3v) is 5.09. The maximum atomic E-state index is 11.9. The number of benzene rings is 1. The standard InChI is InChI=1S/C14H13NO4S2/c1-2-7-21(18,19)9-10-5-3-4-6-11(10)13-15-12(8-20-13)14(16)17/h2-6,8H,1,7,9H2,(H,16,17). The predicted octanol–water partition coefficient (Wildman–Crippen LogP) is 2.61. The number of carboxylic acid groups (broad SMARTS) is 1. The fourth-order valence-corrected chi connectivity index (χ4v) is 3.88. The van der Waals surface area contributed by atoms with Crippen LogP contribution in [0.2, 0.25) is 0 Å². The molecule has 0 saturated heterocycles. The van der Waals surface area contributed by atoms with Gasteiger partial charge in [0.05, 0.1) is 11.5 Å². The first-order chi connectivity index (χ1) is 9.93. The Morgan fingerprint density at radius 1 is 1.38 bits per heavy atom. The Hall–Kier alpha value is -1.99. The van der Waals surface area contributed by atoms with Gasteiger partial charge in [0.2, 0.25) is 0 Å². The minimum Gasteiger partial charge on any atom is -0.476 e. The number of aromatic carboxylic acids is 1. The maximum Gasteiger partial charge on any atom is 0.355 e. The molecule has 21 heavy (non-hydrogen) atoms. The quantitative estimate of drug-likeness (QED) is 0.826. The van der Waals surface area contributed by atoms with Crippen molar-refractivity contribution in [1.29, 1.82) is 0 Å². The molecule has 1 heterocycles. The van der Waals surface area contributed by atoms with Crippen molar-refractivity contribution in [3.8, 4) is 10.6 Å². The zero-order valence-electron chi connectivity index (χ0n) is 11.0. The first kappa shape index (κ1) is 15.4. The van der Waals surface area contributed by atoms with Gasteiger partial charge in [0.25, 0.3) is 0 Å². The van der Waals surface area contributed by atoms with Crippen LogP contribution in [0.25, 0.3) is 10.6 Å². The Labute approximate surface area is 126 Å². The number of aromatic nitrogens is 1. The predicted molar refractivity (Wildman–Crippen MR) is 82.2 cm³/mol. The minimum atomic E-state index is -3.28. The first-order valence-electron chi connectivity index (χ1n) is 6.01. The van der Waals surface area contributed by atoms with Gasteiger partial charge in [0.15, 0.2) is 15.5 Å². The van der Waals surface area contributed by atoms with E-state index in [2.05, 4.69) is 11.6 Å². The topological polar surface area (TPSA) is 84.3 Å². The summed E-state index contributed by atoms with van der Waals surface area (Å²) in [4.78, 5) is 14.9. The maximum absolute atomic E-state index is 11.9. The number of hydrogen-bond acceptors (Lipinski definition) is 5. The van der Waals surface area contributed by atoms with E-state index in [0.717, 1.165) is 0 Å². The lowest BCUT2D eigenvalue weighted by molar-refractivity contribution is 0.0691. The Kier molecular flexibility index (Phi) is 4.54. The van der Waals surface area contributed by atoms with Crippen LogP contribution in [-0.4, -0.2) is 30.2 Å². The average molecular weight is 323 g/mol. The fraction of sp³-hybridized carbons (Fsp3) is 0.143. The molecule has 7 heteroatoms. The molecule has 110 valence electrons. The monoisotopic (exact) mass is 323 g/mol. The molecule has 0 aliphatic heterocycles. The molecule has 1 aromatic heterocycles. The summed E-state index contributed by atoms with van der Waals surface area (Å²) in [6.45, 7) is 3.44. The second-order valence-electron chi connectivity index (χ2n) is 4.34. The van der Waals surface area contributed by atoms with Crippen molar-refractivity contribution >= 4 is 27.1 Å². The van der Waals surface area contributed by atoms with Gasteiger partial charge in [-0.2, -0.15) is 0 Å². The van der Waals surface area contributed by atoms with E-state index in [4.69, 9.17) is 5.11 Å². The lowest BCUT2D eigenvalue weighted by Gasteiger charge is -2.07. The number of nitrogens with zero attached hydrogens (tertiary/aromatic N) is 1. The lowest BCUT2D eigenvalue weighted by Crippen LogP contribution is -2.08. The van der Waals surface area contributed by atoms with E-state index in [1.165, 1.54) is 22.8 Å². The second-order valence-corrected chi connectivity index (χ2v) is 7.31. The van der Waals surface area contributed by atoms with Crippen LogP contribution in [0, 0.1) is 0 Å². The highest BCUT2D eigenvalue weighted by Gasteiger charge is 2.16. The fourth-order valence-electron chi connectivity index (χ4n) is 1.83. The summed E-state index contributed by atoms with van der Waals surface area (Å²) in [6, 6.07) is 6.95. The molecule has 0 saturated carbocycles. The van der Waals surface area contributed by atoms with Crippen LogP contribution < -0.4 is 0 Å². The molecule has 1 N–H and O–H groups in total. The van der Waals surface area contributed by atoms with E-state index >= 15 is 0 Å². The summed E-state index contributed by atoms with van der Waals surface area (Å²) in [5, 5.41) is 10.8. The van der Waals surface area contributed by atoms with Crippen LogP contribution in [0.5, 0.6) is 0 Å². The minimum absolute atomic E-state index is 0.0428. The van der Waals surface area contributed by atoms with Crippen molar-refractivity contribution in [2.24, 2.45) is 0 Å². The van der Waals surface area contributed by atoms with Crippen molar-refractivity contribution in [2.45, 2.75) is 5.75 Å². The molecular weight excluding hydrogens is 310 g/mol. The van der Waals surface area contributed by atoms with Gasteiger partial charge in [-0.25, -0.2) is 18.2 Å². The van der Waals surface area contributed by atoms with Crippen molar-refractivity contribution in [2.75, 3.05) is 5.75 Å². The molecule has 2 rings (SSSR count). The Morgan fingerprint density at radius 2 is 2.10 bits per heavy atom. The van der Waals surface area contributed by atoms with Crippen molar-refractivity contribution < 1.29 is 18.3 Å². The number of hydrogen-bond donors (Lipinski definition) is 1. The molecule has 0 atom stereocenters. The third kappa shape index (κ3) is 3.77. The van der Waals surface area contributed by atoms with Gasteiger partial charge in [0.1, 0.15) is 5.01 Å². The van der Waals surface area contributed by atoms with Crippen LogP contribution in [0.1, 0.15) is 16.1 Å². The molecule has 1 aromatic carbocycles. The summed E-state index contributed by atoms with van der Waals surface area (Å²) in [5.74, 6) is -1.33. The number of carboxylic acids is 1. The number of thiazole rings is 1. The van der Waals surface area contributed by atoms with E-state index in [1.807, 2.05) is 0 Å². The molecular formula is C14H13NO4S2. The highest BCUT2D eigenvalue weighted by molar-refractivity contribution is 7.90. The smallest absolute Gasteiger partial charge is 0.355 e. The average Bonchev–Trinajstić information content (AvgIpc) is 2.88. The molecule has 2 aromatic rings. The molecule has 0 fully saturated rings. The van der Waals surface area contributed by atoms with E-state index in [1.54, 1.807) is 24.3 Å². The van der Waals surface area contributed by atoms with Gasteiger partial charge in [-0.1, -0.05) is 30.3 Å². The molecule has 0 radical (unpaired) electrons. The Bertz CT molecular complexity index is 778. The van der Waals surface area contributed by atoms with Crippen LogP contribution in [0.4, 0.5) is 0 Å². The highest BCUT2D eigenvalue weighted by Crippen LogP contribution is 2.28. The molecule has 0 aliphatic rings. The van der Waals surface area contributed by atoms with E-state index in [-0.39, 0.29) is 17.2 Å². The summed E-state index contributed by atoms with van der Waals surface area (Å²) in [6.07, 6.45) is 1.35. The largest absolute Gasteiger partial charge is 0.476 e. The molecule has 0 bridgehead atoms. The second kappa shape index (κ2) is 6.19. The lowest BCUT2D eigenvalue weighted by atomic mass is 10.1. The van der Waals surface area contributed by atoms with Crippen LogP contribution in [0.3, 0.4) is 0 Å². The molecule has 0 amide bonds. The number of sulfone groups is 1. The number of carbonyl (C=O) groups is 1. The molecule has 0 spiro atoms. The van der Waals surface area contributed by atoms with Crippen LogP contribution in [0.15, 0.2) is 42.3 Å². The zero-order valence-corrected chi connectivity index (χ0v) is 12.7. The van der Waals surface area contributed by atoms with Crippen molar-refractivity contribution in [3.05, 3.63) is 53.6 Å². The van der Waals surface area contributed by atoms with Gasteiger partial charge in [-0.05, 0) is 5.56 Å². The highest BCUT2D eigenvalue weighted by atomic mass is 32.2. The normalized spacial score (nSPS) is 11.2. The van der Waals surface area contributed by atoms with Crippen molar-refractivity contribution in [1.82, 2.24) is 4.98 Å². The van der Waals surface area contributed by atoms with E-state index in [0.29, 0.717) is 16.1 Å². The van der Waals surface area contributed by atoms with Gasteiger partial charge < -0.3 is 5.11 Å². The van der Waals surface area contributed by atoms with E-state index in [9.17, 15) is 13.2 Å². The van der Waals surface area contributed by atoms with E-state index < -0.39 is 15.8 Å². The first-order valence-corrected chi connectivity index (χ1v) is 8.71. The zero-order chi connectivity index (χ0) is 15.5. The van der Waals surface area contributed by atoms with Crippen molar-refractivity contribution in [3.63, 3.8) is 0 Å². The summed E-state index contributed by atoms with van der Waals surface area (Å²) >= 11 is 1.18. The Morgan fingerprint density at radius 3 is 2.71 bits per heavy atom. The van der Waals surface area contributed by atoms with Gasteiger partial charge >= 0.3 is 5.97 Å². The summed E-state index contributed by atoms with van der Waals surface area (Å²) in [5.41, 5.74) is 1.20. The molecule has 5 nitrogen and oxygen atoms in total. The SMILES string of the molecule is C=CCS(=O)(=O)Cc1ccccc1-c1nc(C(=O)O)cs1. The third-order valence-electron chi connectivity index (χ3n) is 2.72. The summed E-state index contributed by atoms with van der Waals surface area (Å²) < 4.78 is 23.8. The number of rotatable bonds is 6. The van der Waals surface area contributed by atoms with Crippen LogP contribution in [-0.2, 0) is 15.6 Å². The molecule has 0 unspecified atom stereocenters. The van der Waals surface area contributed by atoms with Gasteiger partial charge in [-0.15, -0.1) is 17.9 Å². The Balaban J connectivity index is 2.41. The molecule has 0 aliphatic carbocycles. The van der Waals surface area contributed by atoms with Crippen LogP contribution >= 0.6 is 11.3 Å². The van der Waals surface area contributed by atoms with Gasteiger partial charge in [-0.3, -0.25) is 0 Å². The van der Waals surface area contributed by atoms with Gasteiger partial charge in [0, 0.05) is 10.9 Å². The summed E-state index contributed by atoms with van der Waals surface area (Å²) in [7, 11) is -3.28.